The van der Waals surface area contributed by atoms with Crippen LogP contribution in [0.2, 0.25) is 0 Å². The summed E-state index contributed by atoms with van der Waals surface area (Å²) in [7, 11) is 0. The van der Waals surface area contributed by atoms with E-state index in [0.29, 0.717) is 11.5 Å². The summed E-state index contributed by atoms with van der Waals surface area (Å²) >= 11 is 0. The van der Waals surface area contributed by atoms with Crippen molar-refractivity contribution >= 4 is 5.97 Å². The first-order valence-corrected chi connectivity index (χ1v) is 8.88. The van der Waals surface area contributed by atoms with Gasteiger partial charge in [-0.15, -0.1) is 0 Å². The van der Waals surface area contributed by atoms with Gasteiger partial charge in [-0.2, -0.15) is 0 Å². The predicted molar refractivity (Wildman–Crippen MR) is 93.4 cm³/mol. The van der Waals surface area contributed by atoms with E-state index in [-0.39, 0.29) is 12.5 Å². The minimum atomic E-state index is -1.60. The molecule has 0 amide bonds. The molecule has 1 N–H and O–H groups in total. The van der Waals surface area contributed by atoms with Crippen molar-refractivity contribution in [3.63, 3.8) is 0 Å². The molecule has 24 heavy (non-hydrogen) atoms. The second kappa shape index (κ2) is 7.08. The molecule has 0 spiro atoms. The van der Waals surface area contributed by atoms with Crippen molar-refractivity contribution in [1.82, 2.24) is 4.90 Å². The standard InChI is InChI=1S/C20H27NO3/c1-15(2)20(23,18-6-4-3-5-7-18)19(22)24-13-10-17-14-21-11-8-16(17)9-12-21/h3-7,10,15-16,23H,8-9,11-14H2,1-2H3/b17-10-. The van der Waals surface area contributed by atoms with Crippen LogP contribution in [0.3, 0.4) is 0 Å². The maximum absolute atomic E-state index is 12.6. The van der Waals surface area contributed by atoms with Crippen molar-refractivity contribution in [3.8, 4) is 0 Å². The topological polar surface area (TPSA) is 49.8 Å². The molecule has 0 aromatic heterocycles. The minimum absolute atomic E-state index is 0.236. The molecule has 130 valence electrons. The van der Waals surface area contributed by atoms with Gasteiger partial charge in [-0.1, -0.05) is 49.8 Å². The number of carbonyl (C=O) groups is 1. The van der Waals surface area contributed by atoms with Crippen molar-refractivity contribution in [2.24, 2.45) is 11.8 Å². The molecule has 4 heteroatoms. The summed E-state index contributed by atoms with van der Waals surface area (Å²) in [6.45, 7) is 7.27. The van der Waals surface area contributed by atoms with E-state index in [1.165, 1.54) is 31.5 Å². The van der Waals surface area contributed by atoms with Gasteiger partial charge in [0.05, 0.1) is 0 Å². The van der Waals surface area contributed by atoms with Gasteiger partial charge in [-0.3, -0.25) is 4.90 Å². The summed E-state index contributed by atoms with van der Waals surface area (Å²) in [5.41, 5.74) is 0.364. The largest absolute Gasteiger partial charge is 0.459 e. The predicted octanol–water partition coefficient (Wildman–Crippen LogP) is 2.73. The number of hydrogen-bond donors (Lipinski definition) is 1. The van der Waals surface area contributed by atoms with Gasteiger partial charge >= 0.3 is 5.97 Å². The fourth-order valence-corrected chi connectivity index (χ4v) is 3.79. The molecular formula is C20H27NO3. The number of rotatable bonds is 5. The zero-order chi connectivity index (χ0) is 17.2. The third kappa shape index (κ3) is 3.26. The van der Waals surface area contributed by atoms with Crippen LogP contribution in [0, 0.1) is 11.8 Å². The first kappa shape index (κ1) is 17.2. The van der Waals surface area contributed by atoms with Crippen LogP contribution in [0.5, 0.6) is 0 Å². The Bertz CT molecular complexity index is 603. The average molecular weight is 329 g/mol. The normalized spacial score (nSPS) is 27.2. The lowest BCUT2D eigenvalue weighted by atomic mass is 9.83. The Labute approximate surface area is 144 Å². The van der Waals surface area contributed by atoms with Crippen molar-refractivity contribution in [1.29, 1.82) is 0 Å². The van der Waals surface area contributed by atoms with E-state index < -0.39 is 11.6 Å². The highest BCUT2D eigenvalue weighted by atomic mass is 16.5. The van der Waals surface area contributed by atoms with Crippen LogP contribution in [0.25, 0.3) is 0 Å². The molecule has 3 heterocycles. The van der Waals surface area contributed by atoms with Gasteiger partial charge in [-0.25, -0.2) is 4.79 Å². The number of ether oxygens (including phenoxy) is 1. The first-order valence-electron chi connectivity index (χ1n) is 8.88. The summed E-state index contributed by atoms with van der Waals surface area (Å²) in [6.07, 6.45) is 4.46. The summed E-state index contributed by atoms with van der Waals surface area (Å²) in [4.78, 5) is 15.0. The number of piperidine rings is 3. The van der Waals surface area contributed by atoms with Crippen molar-refractivity contribution in [3.05, 3.63) is 47.5 Å². The van der Waals surface area contributed by atoms with E-state index >= 15 is 0 Å². The van der Waals surface area contributed by atoms with E-state index in [0.717, 1.165) is 6.54 Å². The van der Waals surface area contributed by atoms with Crippen molar-refractivity contribution < 1.29 is 14.6 Å². The molecule has 0 saturated carbocycles. The van der Waals surface area contributed by atoms with Gasteiger partial charge < -0.3 is 9.84 Å². The molecule has 1 unspecified atom stereocenters. The van der Waals surface area contributed by atoms with Crippen LogP contribution < -0.4 is 0 Å². The molecule has 0 aliphatic carbocycles. The first-order chi connectivity index (χ1) is 11.5. The minimum Gasteiger partial charge on any atom is -0.459 e. The maximum atomic E-state index is 12.6. The molecular weight excluding hydrogens is 302 g/mol. The van der Waals surface area contributed by atoms with E-state index in [4.69, 9.17) is 4.74 Å². The molecule has 3 saturated heterocycles. The van der Waals surface area contributed by atoms with Crippen LogP contribution >= 0.6 is 0 Å². The van der Waals surface area contributed by atoms with Crippen LogP contribution in [0.1, 0.15) is 32.3 Å². The van der Waals surface area contributed by atoms with Gasteiger partial charge in [-0.05, 0) is 49.4 Å². The molecule has 1 atom stereocenters. The Morgan fingerprint density at radius 3 is 2.54 bits per heavy atom. The number of carbonyl (C=O) groups excluding carboxylic acids is 1. The smallest absolute Gasteiger partial charge is 0.343 e. The molecule has 0 radical (unpaired) electrons. The Hall–Kier alpha value is -1.65. The number of esters is 1. The monoisotopic (exact) mass is 329 g/mol. The number of benzene rings is 1. The lowest BCUT2D eigenvalue weighted by molar-refractivity contribution is -0.171. The highest BCUT2D eigenvalue weighted by molar-refractivity contribution is 5.81. The maximum Gasteiger partial charge on any atom is 0.343 e. The van der Waals surface area contributed by atoms with Crippen molar-refractivity contribution in [2.45, 2.75) is 32.3 Å². The Kier molecular flexibility index (Phi) is 5.07. The molecule has 2 bridgehead atoms. The SMILES string of the molecule is CC(C)C(O)(C(=O)OC/C=C1/CN2CCC1CC2)c1ccccc1. The quantitative estimate of drug-likeness (QED) is 0.667. The Balaban J connectivity index is 1.67. The average Bonchev–Trinajstić information content (AvgIpc) is 2.62. The number of aliphatic hydroxyl groups is 1. The molecule has 4 nitrogen and oxygen atoms in total. The third-order valence-corrected chi connectivity index (χ3v) is 5.44. The zero-order valence-electron chi connectivity index (χ0n) is 14.6. The van der Waals surface area contributed by atoms with E-state index in [9.17, 15) is 9.90 Å². The van der Waals surface area contributed by atoms with Crippen LogP contribution in [0.15, 0.2) is 42.0 Å². The third-order valence-electron chi connectivity index (χ3n) is 5.44. The van der Waals surface area contributed by atoms with Gasteiger partial charge in [0.2, 0.25) is 0 Å². The fraction of sp³-hybridized carbons (Fsp3) is 0.550. The highest BCUT2D eigenvalue weighted by Crippen LogP contribution is 2.33. The van der Waals surface area contributed by atoms with E-state index in [2.05, 4.69) is 4.90 Å². The van der Waals surface area contributed by atoms with Crippen LogP contribution in [0.4, 0.5) is 0 Å². The number of hydrogen-bond acceptors (Lipinski definition) is 4. The van der Waals surface area contributed by atoms with Crippen LogP contribution in [-0.2, 0) is 15.1 Å². The van der Waals surface area contributed by atoms with Gasteiger partial charge in [0.25, 0.3) is 0 Å². The second-order valence-electron chi connectivity index (χ2n) is 7.22. The Morgan fingerprint density at radius 1 is 1.33 bits per heavy atom. The molecule has 3 aliphatic heterocycles. The zero-order valence-corrected chi connectivity index (χ0v) is 14.6. The summed E-state index contributed by atoms with van der Waals surface area (Å²) < 4.78 is 5.45. The van der Waals surface area contributed by atoms with Gasteiger partial charge in [0, 0.05) is 6.54 Å². The summed E-state index contributed by atoms with van der Waals surface area (Å²) in [6, 6.07) is 9.06. The van der Waals surface area contributed by atoms with E-state index in [1.807, 2.05) is 38.1 Å². The fourth-order valence-electron chi connectivity index (χ4n) is 3.79. The van der Waals surface area contributed by atoms with Crippen LogP contribution in [-0.4, -0.2) is 42.2 Å². The molecule has 1 aromatic carbocycles. The van der Waals surface area contributed by atoms with Gasteiger partial charge in [0.15, 0.2) is 5.60 Å². The summed E-state index contributed by atoms with van der Waals surface area (Å²) in [5.74, 6) is -0.189. The van der Waals surface area contributed by atoms with Gasteiger partial charge in [0.1, 0.15) is 6.61 Å². The highest BCUT2D eigenvalue weighted by Gasteiger charge is 2.42. The molecule has 4 rings (SSSR count). The molecule has 3 aliphatic rings. The lowest BCUT2D eigenvalue weighted by Crippen LogP contribution is -2.43. The molecule has 3 fully saturated rings. The Morgan fingerprint density at radius 2 is 2.00 bits per heavy atom. The lowest BCUT2D eigenvalue weighted by Gasteiger charge is -2.41. The van der Waals surface area contributed by atoms with Crippen molar-refractivity contribution in [2.75, 3.05) is 26.2 Å². The number of nitrogens with zero attached hydrogens (tertiary/aromatic N) is 1. The molecule has 1 aromatic rings. The second-order valence-corrected chi connectivity index (χ2v) is 7.22. The summed E-state index contributed by atoms with van der Waals surface area (Å²) in [5, 5.41) is 11.0. The number of fused-ring (bicyclic) bond motifs is 3. The van der Waals surface area contributed by atoms with E-state index in [1.54, 1.807) is 12.1 Å².